The summed E-state index contributed by atoms with van der Waals surface area (Å²) in [7, 11) is 0. The molecular formula is C24H22N2OS2. The van der Waals surface area contributed by atoms with Gasteiger partial charge in [-0.15, -0.1) is 11.8 Å². The molecule has 4 rings (SSSR count). The maximum Gasteiger partial charge on any atom is 0.239 e. The molecule has 0 fully saturated rings. The lowest BCUT2D eigenvalue weighted by Crippen LogP contribution is -2.31. The second-order valence-corrected chi connectivity index (χ2v) is 8.78. The predicted octanol–water partition coefficient (Wildman–Crippen LogP) is 6.18. The van der Waals surface area contributed by atoms with Crippen molar-refractivity contribution in [2.45, 2.75) is 24.8 Å². The number of thioether (sulfide) groups is 1. The van der Waals surface area contributed by atoms with Crippen molar-refractivity contribution in [3.8, 4) is 0 Å². The number of nitrogens with zero attached hydrogens (tertiary/aromatic N) is 2. The minimum Gasteiger partial charge on any atom is -0.283 e. The standard InChI is InChI=1S/C24H22N2OS2/c1-2-18-13-14-21-22(15-18)29-24(25-21)26(16-19-9-5-3-6-10-19)23(27)17-28-20-11-7-4-8-12-20/h3-15H,2,16-17H2,1H3. The van der Waals surface area contributed by atoms with Gasteiger partial charge in [0.05, 0.1) is 22.5 Å². The second kappa shape index (κ2) is 9.25. The van der Waals surface area contributed by atoms with E-state index in [1.165, 1.54) is 5.56 Å². The molecule has 0 spiro atoms. The normalized spacial score (nSPS) is 10.9. The van der Waals surface area contributed by atoms with E-state index in [0.717, 1.165) is 32.2 Å². The molecule has 0 unspecified atom stereocenters. The number of fused-ring (bicyclic) bond motifs is 1. The SMILES string of the molecule is CCc1ccc2nc(N(Cc3ccccc3)C(=O)CSc3ccccc3)sc2c1. The molecule has 0 radical (unpaired) electrons. The van der Waals surface area contributed by atoms with Gasteiger partial charge in [0.15, 0.2) is 5.13 Å². The van der Waals surface area contributed by atoms with Gasteiger partial charge in [-0.3, -0.25) is 9.69 Å². The van der Waals surface area contributed by atoms with Gasteiger partial charge in [-0.1, -0.05) is 72.9 Å². The number of aryl methyl sites for hydroxylation is 1. The summed E-state index contributed by atoms with van der Waals surface area (Å²) in [4.78, 5) is 20.9. The van der Waals surface area contributed by atoms with E-state index in [1.807, 2.05) is 65.6 Å². The van der Waals surface area contributed by atoms with Gasteiger partial charge in [-0.25, -0.2) is 4.98 Å². The molecule has 29 heavy (non-hydrogen) atoms. The van der Waals surface area contributed by atoms with Crippen molar-refractivity contribution in [3.05, 3.63) is 90.0 Å². The number of amides is 1. The van der Waals surface area contributed by atoms with Crippen LogP contribution in [0.3, 0.4) is 0 Å². The molecule has 3 nitrogen and oxygen atoms in total. The smallest absolute Gasteiger partial charge is 0.239 e. The second-order valence-electron chi connectivity index (χ2n) is 6.72. The molecule has 4 aromatic rings. The summed E-state index contributed by atoms with van der Waals surface area (Å²) in [6.07, 6.45) is 0.990. The van der Waals surface area contributed by atoms with E-state index in [1.54, 1.807) is 23.1 Å². The van der Waals surface area contributed by atoms with Crippen LogP contribution in [0.15, 0.2) is 83.8 Å². The van der Waals surface area contributed by atoms with Crippen molar-refractivity contribution in [1.29, 1.82) is 0 Å². The summed E-state index contributed by atoms with van der Waals surface area (Å²) in [6.45, 7) is 2.67. The summed E-state index contributed by atoms with van der Waals surface area (Å²) >= 11 is 3.15. The van der Waals surface area contributed by atoms with Crippen molar-refractivity contribution < 1.29 is 4.79 Å². The number of aromatic nitrogens is 1. The molecule has 0 aliphatic rings. The summed E-state index contributed by atoms with van der Waals surface area (Å²) < 4.78 is 1.13. The Morgan fingerprint density at radius 1 is 0.966 bits per heavy atom. The highest BCUT2D eigenvalue weighted by molar-refractivity contribution is 8.00. The maximum absolute atomic E-state index is 13.2. The summed E-state index contributed by atoms with van der Waals surface area (Å²) in [6, 6.07) is 26.5. The number of anilines is 1. The van der Waals surface area contributed by atoms with Gasteiger partial charge in [-0.2, -0.15) is 0 Å². The first-order valence-electron chi connectivity index (χ1n) is 9.64. The van der Waals surface area contributed by atoms with Crippen LogP contribution in [0.25, 0.3) is 10.2 Å². The minimum atomic E-state index is 0.0671. The van der Waals surface area contributed by atoms with Crippen molar-refractivity contribution in [1.82, 2.24) is 4.98 Å². The van der Waals surface area contributed by atoms with Crippen LogP contribution in [0.5, 0.6) is 0 Å². The van der Waals surface area contributed by atoms with Crippen LogP contribution in [0.2, 0.25) is 0 Å². The first-order valence-corrected chi connectivity index (χ1v) is 11.4. The fraction of sp³-hybridized carbons (Fsp3) is 0.167. The molecule has 5 heteroatoms. The van der Waals surface area contributed by atoms with Crippen LogP contribution in [0.1, 0.15) is 18.1 Å². The van der Waals surface area contributed by atoms with Crippen molar-refractivity contribution >= 4 is 44.4 Å². The van der Waals surface area contributed by atoms with Gasteiger partial charge in [0.2, 0.25) is 5.91 Å². The number of hydrogen-bond acceptors (Lipinski definition) is 4. The molecule has 0 saturated heterocycles. The lowest BCUT2D eigenvalue weighted by molar-refractivity contribution is -0.116. The highest BCUT2D eigenvalue weighted by atomic mass is 32.2. The highest BCUT2D eigenvalue weighted by Crippen LogP contribution is 2.31. The Balaban J connectivity index is 1.61. The molecule has 1 heterocycles. The van der Waals surface area contributed by atoms with Gasteiger partial charge < -0.3 is 0 Å². The van der Waals surface area contributed by atoms with Crippen molar-refractivity contribution in [2.24, 2.45) is 0 Å². The number of benzene rings is 3. The van der Waals surface area contributed by atoms with Gasteiger partial charge >= 0.3 is 0 Å². The minimum absolute atomic E-state index is 0.0671. The summed E-state index contributed by atoms with van der Waals surface area (Å²) in [5.74, 6) is 0.449. The zero-order chi connectivity index (χ0) is 20.1. The largest absolute Gasteiger partial charge is 0.283 e. The van der Waals surface area contributed by atoms with E-state index in [2.05, 4.69) is 25.1 Å². The van der Waals surface area contributed by atoms with E-state index < -0.39 is 0 Å². The lowest BCUT2D eigenvalue weighted by Gasteiger charge is -2.20. The fourth-order valence-electron chi connectivity index (χ4n) is 3.06. The van der Waals surface area contributed by atoms with Crippen LogP contribution in [-0.2, 0) is 17.8 Å². The number of thiazole rings is 1. The Bertz CT molecular complexity index is 1090. The van der Waals surface area contributed by atoms with Crippen LogP contribution in [0.4, 0.5) is 5.13 Å². The third-order valence-corrected chi connectivity index (χ3v) is 6.71. The molecule has 146 valence electrons. The molecule has 0 bridgehead atoms. The highest BCUT2D eigenvalue weighted by Gasteiger charge is 2.20. The van der Waals surface area contributed by atoms with Crippen LogP contribution in [0, 0.1) is 0 Å². The fourth-order valence-corrected chi connectivity index (χ4v) is 4.90. The Hall–Kier alpha value is -2.63. The quantitative estimate of drug-likeness (QED) is 0.336. The molecule has 3 aromatic carbocycles. The Morgan fingerprint density at radius 2 is 1.69 bits per heavy atom. The molecular weight excluding hydrogens is 396 g/mol. The van der Waals surface area contributed by atoms with Gasteiger partial charge in [0, 0.05) is 4.90 Å². The average Bonchev–Trinajstić information content (AvgIpc) is 3.20. The maximum atomic E-state index is 13.2. The van der Waals surface area contributed by atoms with E-state index in [9.17, 15) is 4.79 Å². The predicted molar refractivity (Wildman–Crippen MR) is 124 cm³/mol. The van der Waals surface area contributed by atoms with E-state index in [-0.39, 0.29) is 5.91 Å². The number of rotatable bonds is 7. The van der Waals surface area contributed by atoms with Crippen LogP contribution in [-0.4, -0.2) is 16.6 Å². The Kier molecular flexibility index (Phi) is 6.27. The first kappa shape index (κ1) is 19.7. The molecule has 0 N–H and O–H groups in total. The Labute approximate surface area is 179 Å². The van der Waals surface area contributed by atoms with Crippen LogP contribution < -0.4 is 4.90 Å². The van der Waals surface area contributed by atoms with Gasteiger partial charge in [-0.05, 0) is 41.8 Å². The van der Waals surface area contributed by atoms with E-state index in [0.29, 0.717) is 12.3 Å². The number of carbonyl (C=O) groups is 1. The first-order chi connectivity index (χ1) is 14.2. The molecule has 1 aromatic heterocycles. The topological polar surface area (TPSA) is 33.2 Å². The van der Waals surface area contributed by atoms with Crippen molar-refractivity contribution in [2.75, 3.05) is 10.7 Å². The molecule has 0 aliphatic carbocycles. The van der Waals surface area contributed by atoms with E-state index >= 15 is 0 Å². The summed E-state index contributed by atoms with van der Waals surface area (Å²) in [5, 5.41) is 0.760. The van der Waals surface area contributed by atoms with Gasteiger partial charge in [0.25, 0.3) is 0 Å². The molecule has 0 atom stereocenters. The van der Waals surface area contributed by atoms with Crippen molar-refractivity contribution in [3.63, 3.8) is 0 Å². The Morgan fingerprint density at radius 3 is 2.41 bits per heavy atom. The third-order valence-electron chi connectivity index (χ3n) is 4.67. The van der Waals surface area contributed by atoms with Crippen LogP contribution >= 0.6 is 23.1 Å². The summed E-state index contributed by atoms with van der Waals surface area (Å²) in [5.41, 5.74) is 3.33. The molecule has 0 aliphatic heterocycles. The average molecular weight is 419 g/mol. The van der Waals surface area contributed by atoms with Gasteiger partial charge in [0.1, 0.15) is 0 Å². The third kappa shape index (κ3) is 4.86. The monoisotopic (exact) mass is 418 g/mol. The molecule has 1 amide bonds. The number of carbonyl (C=O) groups excluding carboxylic acids is 1. The molecule has 0 saturated carbocycles. The zero-order valence-corrected chi connectivity index (χ0v) is 17.9. The lowest BCUT2D eigenvalue weighted by atomic mass is 10.2. The zero-order valence-electron chi connectivity index (χ0n) is 16.2. The number of hydrogen-bond donors (Lipinski definition) is 0. The van der Waals surface area contributed by atoms with E-state index in [4.69, 9.17) is 4.98 Å².